The molecule has 2 fully saturated rings. The Morgan fingerprint density at radius 3 is 2.56 bits per heavy atom. The molecule has 4 rings (SSSR count). The molecule has 7 heteroatoms. The van der Waals surface area contributed by atoms with Crippen LogP contribution in [0, 0.1) is 5.92 Å². The van der Waals surface area contributed by atoms with Gasteiger partial charge in [0.1, 0.15) is 0 Å². The first kappa shape index (κ1) is 18.3. The molecule has 0 saturated carbocycles. The number of rotatable bonds is 5. The largest absolute Gasteiger partial charge is 0.342 e. The van der Waals surface area contributed by atoms with Gasteiger partial charge in [-0.05, 0) is 49.4 Å². The van der Waals surface area contributed by atoms with Crippen LogP contribution in [0.15, 0.2) is 23.0 Å². The van der Waals surface area contributed by atoms with Crippen LogP contribution in [0.4, 0.5) is 0 Å². The van der Waals surface area contributed by atoms with Crippen LogP contribution in [0.25, 0.3) is 11.0 Å². The molecule has 3 heterocycles. The van der Waals surface area contributed by atoms with Crippen molar-refractivity contribution in [3.8, 4) is 0 Å². The molecule has 0 radical (unpaired) electrons. The van der Waals surface area contributed by atoms with Gasteiger partial charge < -0.3 is 25.1 Å². The first-order valence-corrected chi connectivity index (χ1v) is 10.1. The quantitative estimate of drug-likeness (QED) is 0.730. The summed E-state index contributed by atoms with van der Waals surface area (Å²) in [6.45, 7) is 7.46. The van der Waals surface area contributed by atoms with E-state index in [0.717, 1.165) is 74.6 Å². The number of nitrogens with zero attached hydrogens (tertiary/aromatic N) is 2. The normalized spacial score (nSPS) is 19.6. The smallest absolute Gasteiger partial charge is 0.323 e. The minimum Gasteiger partial charge on any atom is -0.342 e. The molecule has 0 aliphatic carbocycles. The summed E-state index contributed by atoms with van der Waals surface area (Å²) in [5, 5.41) is 3.40. The average molecular weight is 371 g/mol. The van der Waals surface area contributed by atoms with Gasteiger partial charge in [0.15, 0.2) is 0 Å². The molecule has 27 heavy (non-hydrogen) atoms. The Kier molecular flexibility index (Phi) is 5.59. The molecule has 1 aromatic carbocycles. The molecule has 2 aliphatic rings. The SMILES string of the molecule is O=C(Cc1ccc2[nH]c(=O)[nH]c2c1)N1CCC(CCN2CCNCC2)CC1. The number of benzene rings is 1. The Hall–Kier alpha value is -2.12. The van der Waals surface area contributed by atoms with Crippen molar-refractivity contribution in [2.24, 2.45) is 5.92 Å². The monoisotopic (exact) mass is 371 g/mol. The summed E-state index contributed by atoms with van der Waals surface area (Å²) >= 11 is 0. The van der Waals surface area contributed by atoms with E-state index < -0.39 is 0 Å². The van der Waals surface area contributed by atoms with Crippen molar-refractivity contribution < 1.29 is 4.79 Å². The van der Waals surface area contributed by atoms with Gasteiger partial charge in [0.2, 0.25) is 5.91 Å². The molecule has 1 aromatic heterocycles. The Morgan fingerprint density at radius 1 is 1.04 bits per heavy atom. The van der Waals surface area contributed by atoms with Gasteiger partial charge in [-0.25, -0.2) is 4.79 Å². The second kappa shape index (κ2) is 8.27. The number of imidazole rings is 1. The van der Waals surface area contributed by atoms with Gasteiger partial charge in [0.25, 0.3) is 0 Å². The molecule has 2 saturated heterocycles. The highest BCUT2D eigenvalue weighted by Gasteiger charge is 2.23. The van der Waals surface area contributed by atoms with Crippen LogP contribution in [-0.2, 0) is 11.2 Å². The van der Waals surface area contributed by atoms with Crippen LogP contribution in [0.1, 0.15) is 24.8 Å². The Bertz CT molecular complexity index is 828. The number of piperazine rings is 1. The topological polar surface area (TPSA) is 84.2 Å². The predicted octanol–water partition coefficient (Wildman–Crippen LogP) is 0.933. The number of carbonyl (C=O) groups excluding carboxylic acids is 1. The van der Waals surface area contributed by atoms with Gasteiger partial charge in [-0.3, -0.25) is 4.79 Å². The maximum Gasteiger partial charge on any atom is 0.323 e. The molecule has 2 aromatic rings. The number of piperidine rings is 1. The second-order valence-corrected chi connectivity index (χ2v) is 7.84. The Labute approximate surface area is 159 Å². The molecule has 0 bridgehead atoms. The molecular weight excluding hydrogens is 342 g/mol. The first-order valence-electron chi connectivity index (χ1n) is 10.1. The van der Waals surface area contributed by atoms with Crippen molar-refractivity contribution in [1.29, 1.82) is 0 Å². The van der Waals surface area contributed by atoms with Gasteiger partial charge in [-0.2, -0.15) is 0 Å². The molecule has 0 unspecified atom stereocenters. The zero-order valence-electron chi connectivity index (χ0n) is 15.8. The standard InChI is InChI=1S/C20H29N5O2/c26-19(14-16-1-2-17-18(13-16)23-20(27)22-17)25-9-4-15(5-10-25)3-8-24-11-6-21-7-12-24/h1-2,13,15,21H,3-12,14H2,(H2,22,23,27). The van der Waals surface area contributed by atoms with Gasteiger partial charge >= 0.3 is 5.69 Å². The van der Waals surface area contributed by atoms with Crippen LogP contribution < -0.4 is 11.0 Å². The maximum atomic E-state index is 12.7. The van der Waals surface area contributed by atoms with Crippen molar-refractivity contribution in [3.63, 3.8) is 0 Å². The summed E-state index contributed by atoms with van der Waals surface area (Å²) in [5.41, 5.74) is 2.28. The number of aromatic nitrogens is 2. The first-order chi connectivity index (χ1) is 13.2. The summed E-state index contributed by atoms with van der Waals surface area (Å²) in [7, 11) is 0. The van der Waals surface area contributed by atoms with Gasteiger partial charge in [0, 0.05) is 39.3 Å². The minimum absolute atomic E-state index is 0.188. The summed E-state index contributed by atoms with van der Waals surface area (Å²) in [4.78, 5) is 34.1. The second-order valence-electron chi connectivity index (χ2n) is 7.84. The van der Waals surface area contributed by atoms with E-state index >= 15 is 0 Å². The maximum absolute atomic E-state index is 12.7. The van der Waals surface area contributed by atoms with E-state index in [1.54, 1.807) is 0 Å². The van der Waals surface area contributed by atoms with Crippen LogP contribution in [0.2, 0.25) is 0 Å². The van der Waals surface area contributed by atoms with Crippen molar-refractivity contribution in [2.75, 3.05) is 45.8 Å². The Balaban J connectivity index is 1.24. The summed E-state index contributed by atoms with van der Waals surface area (Å²) in [5.74, 6) is 0.929. The number of hydrogen-bond acceptors (Lipinski definition) is 4. The summed E-state index contributed by atoms with van der Waals surface area (Å²) in [6, 6.07) is 5.67. The fourth-order valence-corrected chi connectivity index (χ4v) is 4.25. The van der Waals surface area contributed by atoms with E-state index in [1.165, 1.54) is 13.0 Å². The van der Waals surface area contributed by atoms with E-state index in [9.17, 15) is 9.59 Å². The minimum atomic E-state index is -0.212. The molecule has 146 valence electrons. The lowest BCUT2D eigenvalue weighted by Gasteiger charge is -2.34. The number of amides is 1. The predicted molar refractivity (Wildman–Crippen MR) is 106 cm³/mol. The highest BCUT2D eigenvalue weighted by Crippen LogP contribution is 2.22. The molecule has 3 N–H and O–H groups in total. The van der Waals surface area contributed by atoms with E-state index in [-0.39, 0.29) is 11.6 Å². The zero-order chi connectivity index (χ0) is 18.6. The number of carbonyl (C=O) groups is 1. The van der Waals surface area contributed by atoms with E-state index in [1.807, 2.05) is 23.1 Å². The fourth-order valence-electron chi connectivity index (χ4n) is 4.25. The fraction of sp³-hybridized carbons (Fsp3) is 0.600. The van der Waals surface area contributed by atoms with Crippen LogP contribution >= 0.6 is 0 Å². The number of likely N-dealkylation sites (tertiary alicyclic amines) is 1. The van der Waals surface area contributed by atoms with Crippen LogP contribution in [0.5, 0.6) is 0 Å². The summed E-state index contributed by atoms with van der Waals surface area (Å²) in [6.07, 6.45) is 3.87. The molecule has 0 atom stereocenters. The molecule has 2 aliphatic heterocycles. The summed E-state index contributed by atoms with van der Waals surface area (Å²) < 4.78 is 0. The van der Waals surface area contributed by atoms with Gasteiger partial charge in [0.05, 0.1) is 17.5 Å². The average Bonchev–Trinajstić information content (AvgIpc) is 3.07. The molecule has 1 amide bonds. The van der Waals surface area contributed by atoms with Crippen molar-refractivity contribution in [3.05, 3.63) is 34.2 Å². The van der Waals surface area contributed by atoms with E-state index in [0.29, 0.717) is 6.42 Å². The molecule has 0 spiro atoms. The van der Waals surface area contributed by atoms with Gasteiger partial charge in [-0.15, -0.1) is 0 Å². The number of aromatic amines is 2. The number of fused-ring (bicyclic) bond motifs is 1. The van der Waals surface area contributed by atoms with Crippen molar-refractivity contribution in [2.45, 2.75) is 25.7 Å². The van der Waals surface area contributed by atoms with Crippen molar-refractivity contribution >= 4 is 16.9 Å². The van der Waals surface area contributed by atoms with E-state index in [4.69, 9.17) is 0 Å². The molecule has 7 nitrogen and oxygen atoms in total. The van der Waals surface area contributed by atoms with Gasteiger partial charge in [-0.1, -0.05) is 6.07 Å². The van der Waals surface area contributed by atoms with E-state index in [2.05, 4.69) is 20.2 Å². The number of nitrogens with one attached hydrogen (secondary N) is 3. The van der Waals surface area contributed by atoms with Crippen LogP contribution in [-0.4, -0.2) is 71.5 Å². The lowest BCUT2D eigenvalue weighted by Crippen LogP contribution is -2.44. The number of H-pyrrole nitrogens is 2. The third kappa shape index (κ3) is 4.59. The lowest BCUT2D eigenvalue weighted by atomic mass is 9.93. The lowest BCUT2D eigenvalue weighted by molar-refractivity contribution is -0.131. The number of hydrogen-bond donors (Lipinski definition) is 3. The highest BCUT2D eigenvalue weighted by atomic mass is 16.2. The third-order valence-electron chi connectivity index (χ3n) is 5.97. The third-order valence-corrected chi connectivity index (χ3v) is 5.97. The van der Waals surface area contributed by atoms with Crippen molar-refractivity contribution in [1.82, 2.24) is 25.1 Å². The highest BCUT2D eigenvalue weighted by molar-refractivity contribution is 5.81. The van der Waals surface area contributed by atoms with Crippen LogP contribution in [0.3, 0.4) is 0 Å². The molecular formula is C20H29N5O2. The zero-order valence-corrected chi connectivity index (χ0v) is 15.8. The Morgan fingerprint density at radius 2 is 1.78 bits per heavy atom.